The minimum Gasteiger partial charge on any atom is -0.402 e. The zero-order valence-electron chi connectivity index (χ0n) is 8.10. The quantitative estimate of drug-likeness (QED) is 0.607. The summed E-state index contributed by atoms with van der Waals surface area (Å²) in [5, 5.41) is 0. The van der Waals surface area contributed by atoms with E-state index in [4.69, 9.17) is 5.73 Å². The molecule has 2 N–H and O–H groups in total. The summed E-state index contributed by atoms with van der Waals surface area (Å²) in [4.78, 5) is 4.07. The van der Waals surface area contributed by atoms with Gasteiger partial charge >= 0.3 is 0 Å². The van der Waals surface area contributed by atoms with Crippen LogP contribution in [0.15, 0.2) is 16.3 Å². The Morgan fingerprint density at radius 2 is 1.73 bits per heavy atom. The van der Waals surface area contributed by atoms with Crippen LogP contribution < -0.4 is 5.73 Å². The van der Waals surface area contributed by atoms with Crippen molar-refractivity contribution in [2.45, 2.75) is 27.7 Å². The molecule has 0 saturated heterocycles. The van der Waals surface area contributed by atoms with Gasteiger partial charge in [0, 0.05) is 18.5 Å². The van der Waals surface area contributed by atoms with Gasteiger partial charge in [-0.2, -0.15) is 0 Å². The van der Waals surface area contributed by atoms with Crippen LogP contribution in [0.3, 0.4) is 0 Å². The van der Waals surface area contributed by atoms with Crippen molar-refractivity contribution in [2.75, 3.05) is 7.05 Å². The Bertz CT molecular complexity index is 188. The van der Waals surface area contributed by atoms with E-state index in [2.05, 4.69) is 18.8 Å². The molecule has 0 aromatic rings. The second-order valence-electron chi connectivity index (χ2n) is 3.04. The van der Waals surface area contributed by atoms with E-state index in [1.807, 2.05) is 13.8 Å². The second-order valence-corrected chi connectivity index (χ2v) is 3.04. The van der Waals surface area contributed by atoms with E-state index in [0.29, 0.717) is 5.92 Å². The van der Waals surface area contributed by atoms with Crippen LogP contribution in [0.5, 0.6) is 0 Å². The van der Waals surface area contributed by atoms with E-state index in [0.717, 1.165) is 17.0 Å². The predicted molar refractivity (Wildman–Crippen MR) is 50.8 cm³/mol. The maximum absolute atomic E-state index is 5.84. The Morgan fingerprint density at radius 1 is 1.27 bits per heavy atom. The summed E-state index contributed by atoms with van der Waals surface area (Å²) >= 11 is 0. The molecule has 0 aromatic carbocycles. The van der Waals surface area contributed by atoms with E-state index in [1.54, 1.807) is 7.05 Å². The third-order valence-corrected chi connectivity index (χ3v) is 1.93. The Morgan fingerprint density at radius 3 is 2.00 bits per heavy atom. The average molecular weight is 154 g/mol. The number of rotatable bonds is 2. The smallest absolute Gasteiger partial charge is 0.0360 e. The van der Waals surface area contributed by atoms with Gasteiger partial charge in [0.25, 0.3) is 0 Å². The lowest BCUT2D eigenvalue weighted by Gasteiger charge is -2.09. The van der Waals surface area contributed by atoms with E-state index < -0.39 is 0 Å². The SMILES string of the molecule is C/N=C(C)\C(C)=C(/N)C(C)C. The highest BCUT2D eigenvalue weighted by molar-refractivity contribution is 5.98. The molecule has 0 aliphatic carbocycles. The maximum Gasteiger partial charge on any atom is 0.0360 e. The molecule has 0 heterocycles. The number of allylic oxidation sites excluding steroid dienone is 2. The molecule has 0 spiro atoms. The van der Waals surface area contributed by atoms with Gasteiger partial charge in [-0.25, -0.2) is 0 Å². The molecule has 2 heteroatoms. The third-order valence-electron chi connectivity index (χ3n) is 1.93. The van der Waals surface area contributed by atoms with Crippen molar-refractivity contribution in [3.63, 3.8) is 0 Å². The molecule has 0 aliphatic heterocycles. The maximum atomic E-state index is 5.84. The van der Waals surface area contributed by atoms with Gasteiger partial charge in [0.15, 0.2) is 0 Å². The van der Waals surface area contributed by atoms with Gasteiger partial charge in [-0.05, 0) is 25.3 Å². The highest BCUT2D eigenvalue weighted by Gasteiger charge is 2.03. The Balaban J connectivity index is 4.67. The summed E-state index contributed by atoms with van der Waals surface area (Å²) in [5.74, 6) is 0.409. The first-order chi connectivity index (χ1) is 5.00. The first-order valence-corrected chi connectivity index (χ1v) is 3.90. The van der Waals surface area contributed by atoms with Crippen LogP contribution in [0, 0.1) is 5.92 Å². The lowest BCUT2D eigenvalue weighted by molar-refractivity contribution is 0.750. The minimum atomic E-state index is 0.409. The Labute approximate surface area is 69.2 Å². The van der Waals surface area contributed by atoms with Crippen LogP contribution in [0.4, 0.5) is 0 Å². The number of nitrogens with two attached hydrogens (primary N) is 1. The van der Waals surface area contributed by atoms with E-state index in [-0.39, 0.29) is 0 Å². The van der Waals surface area contributed by atoms with Gasteiger partial charge in [-0.1, -0.05) is 13.8 Å². The lowest BCUT2D eigenvalue weighted by Crippen LogP contribution is -2.11. The van der Waals surface area contributed by atoms with Gasteiger partial charge in [0.05, 0.1) is 0 Å². The van der Waals surface area contributed by atoms with E-state index in [9.17, 15) is 0 Å². The number of hydrogen-bond acceptors (Lipinski definition) is 2. The molecule has 0 unspecified atom stereocenters. The minimum absolute atomic E-state index is 0.409. The molecule has 0 aromatic heterocycles. The summed E-state index contributed by atoms with van der Waals surface area (Å²) in [7, 11) is 1.78. The Hall–Kier alpha value is -0.790. The van der Waals surface area contributed by atoms with Crippen LogP contribution in [-0.2, 0) is 0 Å². The summed E-state index contributed by atoms with van der Waals surface area (Å²) < 4.78 is 0. The zero-order valence-corrected chi connectivity index (χ0v) is 8.10. The summed E-state index contributed by atoms with van der Waals surface area (Å²) in [6.07, 6.45) is 0. The van der Waals surface area contributed by atoms with Crippen molar-refractivity contribution in [3.05, 3.63) is 11.3 Å². The van der Waals surface area contributed by atoms with Gasteiger partial charge in [-0.3, -0.25) is 4.99 Å². The van der Waals surface area contributed by atoms with Crippen molar-refractivity contribution in [2.24, 2.45) is 16.6 Å². The second kappa shape index (κ2) is 4.16. The number of nitrogens with zero attached hydrogens (tertiary/aromatic N) is 1. The first-order valence-electron chi connectivity index (χ1n) is 3.90. The normalized spacial score (nSPS) is 15.3. The van der Waals surface area contributed by atoms with Crippen LogP contribution >= 0.6 is 0 Å². The summed E-state index contributed by atoms with van der Waals surface area (Å²) in [6.45, 7) is 8.16. The molecule has 2 nitrogen and oxygen atoms in total. The highest BCUT2D eigenvalue weighted by atomic mass is 14.7. The predicted octanol–water partition coefficient (Wildman–Crippen LogP) is 1.97. The Kier molecular flexibility index (Phi) is 3.86. The van der Waals surface area contributed by atoms with Crippen LogP contribution in [0.2, 0.25) is 0 Å². The van der Waals surface area contributed by atoms with Crippen LogP contribution in [0.25, 0.3) is 0 Å². The molecule has 0 radical (unpaired) electrons. The monoisotopic (exact) mass is 154 g/mol. The van der Waals surface area contributed by atoms with E-state index in [1.165, 1.54) is 0 Å². The van der Waals surface area contributed by atoms with Crippen molar-refractivity contribution in [1.29, 1.82) is 0 Å². The molecule has 0 fully saturated rings. The largest absolute Gasteiger partial charge is 0.402 e. The fourth-order valence-corrected chi connectivity index (χ4v) is 0.810. The van der Waals surface area contributed by atoms with E-state index >= 15 is 0 Å². The molecule has 0 atom stereocenters. The lowest BCUT2D eigenvalue weighted by atomic mass is 10.0. The van der Waals surface area contributed by atoms with Crippen molar-refractivity contribution >= 4 is 5.71 Å². The number of aliphatic imine (C=N–C) groups is 1. The number of hydrogen-bond donors (Lipinski definition) is 1. The van der Waals surface area contributed by atoms with Crippen molar-refractivity contribution < 1.29 is 0 Å². The summed E-state index contributed by atoms with van der Waals surface area (Å²) in [6, 6.07) is 0. The standard InChI is InChI=1S/C9H18N2/c1-6(2)9(10)7(3)8(4)11-5/h6H,10H2,1-5H3/b9-7-,11-8-. The van der Waals surface area contributed by atoms with Gasteiger partial charge in [-0.15, -0.1) is 0 Å². The molecule has 11 heavy (non-hydrogen) atoms. The molecule has 0 bridgehead atoms. The molecular weight excluding hydrogens is 136 g/mol. The fraction of sp³-hybridized carbons (Fsp3) is 0.667. The fourth-order valence-electron chi connectivity index (χ4n) is 0.810. The topological polar surface area (TPSA) is 38.4 Å². The highest BCUT2D eigenvalue weighted by Crippen LogP contribution is 2.09. The average Bonchev–Trinajstić information content (AvgIpc) is 2.00. The first kappa shape index (κ1) is 10.2. The molecule has 0 amide bonds. The molecule has 0 saturated carbocycles. The molecule has 0 aliphatic rings. The van der Waals surface area contributed by atoms with Crippen LogP contribution in [0.1, 0.15) is 27.7 Å². The molecule has 64 valence electrons. The molecule has 0 rings (SSSR count). The van der Waals surface area contributed by atoms with Crippen LogP contribution in [-0.4, -0.2) is 12.8 Å². The van der Waals surface area contributed by atoms with Crippen molar-refractivity contribution in [1.82, 2.24) is 0 Å². The zero-order chi connectivity index (χ0) is 9.02. The van der Waals surface area contributed by atoms with Gasteiger partial charge in [0.1, 0.15) is 0 Å². The summed E-state index contributed by atoms with van der Waals surface area (Å²) in [5.41, 5.74) is 8.91. The van der Waals surface area contributed by atoms with Gasteiger partial charge < -0.3 is 5.73 Å². The third kappa shape index (κ3) is 2.74. The van der Waals surface area contributed by atoms with Gasteiger partial charge in [0.2, 0.25) is 0 Å². The van der Waals surface area contributed by atoms with Crippen molar-refractivity contribution in [3.8, 4) is 0 Å². The molecular formula is C9H18N2.